The van der Waals surface area contributed by atoms with Crippen molar-refractivity contribution in [1.29, 1.82) is 0 Å². The van der Waals surface area contributed by atoms with Crippen LogP contribution in [-0.4, -0.2) is 42.3 Å². The number of hydrogen-bond donors (Lipinski definition) is 1. The van der Waals surface area contributed by atoms with Gasteiger partial charge in [-0.1, -0.05) is 25.7 Å². The SMILES string of the molecule is CC(C)(C)OC(=O)N1CCC(NCCCC2CCCC2)C1. The lowest BCUT2D eigenvalue weighted by Crippen LogP contribution is -2.38. The van der Waals surface area contributed by atoms with E-state index in [4.69, 9.17) is 4.74 Å². The maximum Gasteiger partial charge on any atom is 0.410 e. The summed E-state index contributed by atoms with van der Waals surface area (Å²) in [5.74, 6) is 0.980. The van der Waals surface area contributed by atoms with Gasteiger partial charge in [-0.05, 0) is 52.5 Å². The highest BCUT2D eigenvalue weighted by atomic mass is 16.6. The van der Waals surface area contributed by atoms with Crippen LogP contribution in [0.4, 0.5) is 4.79 Å². The molecular formula is C17H32N2O2. The number of rotatable bonds is 5. The molecule has 4 nitrogen and oxygen atoms in total. The van der Waals surface area contributed by atoms with Crippen LogP contribution in [0.2, 0.25) is 0 Å². The summed E-state index contributed by atoms with van der Waals surface area (Å²) in [6.45, 7) is 8.44. The van der Waals surface area contributed by atoms with Gasteiger partial charge in [0.15, 0.2) is 0 Å². The first-order valence-electron chi connectivity index (χ1n) is 8.65. The van der Waals surface area contributed by atoms with Gasteiger partial charge in [0.2, 0.25) is 0 Å². The number of carbonyl (C=O) groups is 1. The first-order chi connectivity index (χ1) is 9.94. The van der Waals surface area contributed by atoms with Crippen LogP contribution in [0.15, 0.2) is 0 Å². The van der Waals surface area contributed by atoms with Crippen molar-refractivity contribution in [3.63, 3.8) is 0 Å². The lowest BCUT2D eigenvalue weighted by Gasteiger charge is -2.24. The van der Waals surface area contributed by atoms with Crippen LogP contribution in [0.25, 0.3) is 0 Å². The largest absolute Gasteiger partial charge is 0.444 e. The zero-order valence-electron chi connectivity index (χ0n) is 14.0. The van der Waals surface area contributed by atoms with Crippen LogP contribution in [0.1, 0.15) is 65.7 Å². The van der Waals surface area contributed by atoms with Crippen molar-refractivity contribution in [3.8, 4) is 0 Å². The number of nitrogens with zero attached hydrogens (tertiary/aromatic N) is 1. The molecule has 1 saturated carbocycles. The van der Waals surface area contributed by atoms with E-state index in [1.54, 1.807) is 0 Å². The second kappa shape index (κ2) is 7.48. The van der Waals surface area contributed by atoms with Gasteiger partial charge < -0.3 is 15.0 Å². The third kappa shape index (κ3) is 5.85. The van der Waals surface area contributed by atoms with Gasteiger partial charge >= 0.3 is 6.09 Å². The van der Waals surface area contributed by atoms with E-state index >= 15 is 0 Å². The van der Waals surface area contributed by atoms with E-state index in [1.165, 1.54) is 38.5 Å². The smallest absolute Gasteiger partial charge is 0.410 e. The minimum absolute atomic E-state index is 0.169. The predicted octanol–water partition coefficient (Wildman–Crippen LogP) is 3.56. The molecule has 1 saturated heterocycles. The van der Waals surface area contributed by atoms with Crippen molar-refractivity contribution in [2.24, 2.45) is 5.92 Å². The number of nitrogens with one attached hydrogen (secondary N) is 1. The Morgan fingerprint density at radius 1 is 1.24 bits per heavy atom. The summed E-state index contributed by atoms with van der Waals surface area (Å²) in [6.07, 6.45) is 9.27. The molecule has 2 fully saturated rings. The monoisotopic (exact) mass is 296 g/mol. The Morgan fingerprint density at radius 3 is 2.62 bits per heavy atom. The highest BCUT2D eigenvalue weighted by molar-refractivity contribution is 5.68. The molecule has 2 aliphatic rings. The van der Waals surface area contributed by atoms with E-state index in [0.717, 1.165) is 32.0 Å². The fraction of sp³-hybridized carbons (Fsp3) is 0.941. The second-order valence-corrected chi connectivity index (χ2v) is 7.66. The highest BCUT2D eigenvalue weighted by Crippen LogP contribution is 2.28. The van der Waals surface area contributed by atoms with Crippen molar-refractivity contribution in [2.75, 3.05) is 19.6 Å². The van der Waals surface area contributed by atoms with Crippen LogP contribution in [-0.2, 0) is 4.74 Å². The van der Waals surface area contributed by atoms with Gasteiger partial charge in [0, 0.05) is 19.1 Å². The number of amides is 1. The highest BCUT2D eigenvalue weighted by Gasteiger charge is 2.29. The molecule has 0 aromatic carbocycles. The van der Waals surface area contributed by atoms with Gasteiger partial charge in [0.1, 0.15) is 5.60 Å². The average molecular weight is 296 g/mol. The maximum absolute atomic E-state index is 12.0. The molecule has 1 atom stereocenters. The molecule has 0 bridgehead atoms. The molecule has 1 aliphatic carbocycles. The summed E-state index contributed by atoms with van der Waals surface area (Å²) in [4.78, 5) is 13.8. The van der Waals surface area contributed by atoms with Crippen LogP contribution in [0.5, 0.6) is 0 Å². The Bertz CT molecular complexity index is 332. The van der Waals surface area contributed by atoms with Crippen LogP contribution in [0.3, 0.4) is 0 Å². The summed E-state index contributed by atoms with van der Waals surface area (Å²) in [6, 6.07) is 0.445. The zero-order chi connectivity index (χ0) is 15.3. The van der Waals surface area contributed by atoms with Gasteiger partial charge in [-0.3, -0.25) is 0 Å². The number of ether oxygens (including phenoxy) is 1. The zero-order valence-corrected chi connectivity index (χ0v) is 14.0. The molecule has 4 heteroatoms. The summed E-state index contributed by atoms with van der Waals surface area (Å²) in [5.41, 5.74) is -0.399. The van der Waals surface area contributed by atoms with Crippen molar-refractivity contribution >= 4 is 6.09 Å². The van der Waals surface area contributed by atoms with E-state index in [1.807, 2.05) is 25.7 Å². The van der Waals surface area contributed by atoms with Gasteiger partial charge in [-0.25, -0.2) is 4.79 Å². The van der Waals surface area contributed by atoms with E-state index in [9.17, 15) is 4.79 Å². The third-order valence-electron chi connectivity index (χ3n) is 4.54. The van der Waals surface area contributed by atoms with Crippen LogP contribution >= 0.6 is 0 Å². The molecule has 0 radical (unpaired) electrons. The minimum atomic E-state index is -0.399. The van der Waals surface area contributed by atoms with E-state index < -0.39 is 5.60 Å². The Labute approximate surface area is 129 Å². The van der Waals surface area contributed by atoms with Crippen molar-refractivity contribution in [1.82, 2.24) is 10.2 Å². The lowest BCUT2D eigenvalue weighted by molar-refractivity contribution is 0.0291. The fourth-order valence-corrected chi connectivity index (χ4v) is 3.42. The first-order valence-corrected chi connectivity index (χ1v) is 8.65. The Hall–Kier alpha value is -0.770. The molecule has 0 aromatic heterocycles. The second-order valence-electron chi connectivity index (χ2n) is 7.66. The Balaban J connectivity index is 1.58. The normalized spacial score (nSPS) is 23.8. The predicted molar refractivity (Wildman–Crippen MR) is 85.4 cm³/mol. The quantitative estimate of drug-likeness (QED) is 0.789. The van der Waals surface area contributed by atoms with Crippen molar-refractivity contribution in [3.05, 3.63) is 0 Å². The Morgan fingerprint density at radius 2 is 1.95 bits per heavy atom. The van der Waals surface area contributed by atoms with Crippen LogP contribution < -0.4 is 5.32 Å². The topological polar surface area (TPSA) is 41.6 Å². The fourth-order valence-electron chi connectivity index (χ4n) is 3.42. The number of hydrogen-bond acceptors (Lipinski definition) is 3. The molecule has 2 rings (SSSR count). The molecule has 1 heterocycles. The maximum atomic E-state index is 12.0. The van der Waals surface area contributed by atoms with Crippen molar-refractivity contribution in [2.45, 2.75) is 77.4 Å². The van der Waals surface area contributed by atoms with Crippen LogP contribution in [0, 0.1) is 5.92 Å². The van der Waals surface area contributed by atoms with Gasteiger partial charge in [-0.15, -0.1) is 0 Å². The molecular weight excluding hydrogens is 264 g/mol. The minimum Gasteiger partial charge on any atom is -0.444 e. The molecule has 0 spiro atoms. The first kappa shape index (κ1) is 16.6. The molecule has 1 aliphatic heterocycles. The summed E-state index contributed by atoms with van der Waals surface area (Å²) >= 11 is 0. The molecule has 0 aromatic rings. The van der Waals surface area contributed by atoms with Crippen molar-refractivity contribution < 1.29 is 9.53 Å². The molecule has 122 valence electrons. The molecule has 1 amide bonds. The molecule has 21 heavy (non-hydrogen) atoms. The number of likely N-dealkylation sites (tertiary alicyclic amines) is 1. The summed E-state index contributed by atoms with van der Waals surface area (Å²) in [7, 11) is 0. The molecule has 1 N–H and O–H groups in total. The van der Waals surface area contributed by atoms with Gasteiger partial charge in [0.05, 0.1) is 0 Å². The average Bonchev–Trinajstić information content (AvgIpc) is 3.04. The number of carbonyl (C=O) groups excluding carboxylic acids is 1. The summed E-state index contributed by atoms with van der Waals surface area (Å²) in [5, 5.41) is 3.60. The summed E-state index contributed by atoms with van der Waals surface area (Å²) < 4.78 is 5.42. The molecule has 1 unspecified atom stereocenters. The van der Waals surface area contributed by atoms with E-state index in [0.29, 0.717) is 6.04 Å². The third-order valence-corrected chi connectivity index (χ3v) is 4.54. The van der Waals surface area contributed by atoms with E-state index in [2.05, 4.69) is 5.32 Å². The Kier molecular flexibility index (Phi) is 5.91. The standard InChI is InChI=1S/C17H32N2O2/c1-17(2,3)21-16(20)19-12-10-15(13-19)18-11-6-9-14-7-4-5-8-14/h14-15,18H,4-13H2,1-3H3. The van der Waals surface area contributed by atoms with E-state index in [-0.39, 0.29) is 6.09 Å². The lowest BCUT2D eigenvalue weighted by atomic mass is 10.0. The van der Waals surface area contributed by atoms with Gasteiger partial charge in [0.25, 0.3) is 0 Å². The van der Waals surface area contributed by atoms with Gasteiger partial charge in [-0.2, -0.15) is 0 Å².